The number of anilines is 1. The number of hydrogen-bond donors (Lipinski definition) is 2. The van der Waals surface area contributed by atoms with E-state index < -0.39 is 39.8 Å². The second-order valence-corrected chi connectivity index (χ2v) is 10.0. The highest BCUT2D eigenvalue weighted by Crippen LogP contribution is 2.26. The van der Waals surface area contributed by atoms with E-state index in [1.54, 1.807) is 6.92 Å². The lowest BCUT2D eigenvalue weighted by molar-refractivity contribution is -0.133. The van der Waals surface area contributed by atoms with E-state index in [0.29, 0.717) is 12.8 Å². The van der Waals surface area contributed by atoms with Crippen molar-refractivity contribution in [2.45, 2.75) is 30.2 Å². The van der Waals surface area contributed by atoms with Crippen molar-refractivity contribution in [2.75, 3.05) is 18.1 Å². The predicted octanol–water partition coefficient (Wildman–Crippen LogP) is 2.63. The average molecular weight is 464 g/mol. The van der Waals surface area contributed by atoms with Crippen molar-refractivity contribution in [3.63, 3.8) is 0 Å². The fourth-order valence-electron chi connectivity index (χ4n) is 3.26. The van der Waals surface area contributed by atoms with Crippen molar-refractivity contribution < 1.29 is 22.8 Å². The first-order chi connectivity index (χ1) is 14.5. The van der Waals surface area contributed by atoms with E-state index in [1.165, 1.54) is 18.2 Å². The minimum absolute atomic E-state index is 0.0179. The first kappa shape index (κ1) is 22.8. The van der Waals surface area contributed by atoms with Gasteiger partial charge in [0.05, 0.1) is 15.6 Å². The van der Waals surface area contributed by atoms with Crippen LogP contribution in [-0.2, 0) is 25.8 Å². The molecule has 3 rings (SSSR count). The first-order valence-electron chi connectivity index (χ1n) is 9.47. The first-order valence-corrected chi connectivity index (χ1v) is 11.7. The number of benzene rings is 2. The van der Waals surface area contributed by atoms with E-state index in [9.17, 15) is 22.8 Å². The Labute approximate surface area is 185 Å². The summed E-state index contributed by atoms with van der Waals surface area (Å²) in [6.07, 6.45) is 1.99. The predicted molar refractivity (Wildman–Crippen MR) is 117 cm³/mol. The number of halogens is 1. The Morgan fingerprint density at radius 1 is 1.16 bits per heavy atom. The third-order valence-electron chi connectivity index (χ3n) is 5.04. The number of carbonyl (C=O) groups excluding carboxylic acids is 3. The van der Waals surface area contributed by atoms with Crippen molar-refractivity contribution in [1.82, 2.24) is 10.2 Å². The molecule has 2 N–H and O–H groups in total. The van der Waals surface area contributed by atoms with Crippen molar-refractivity contribution >= 4 is 45.0 Å². The summed E-state index contributed by atoms with van der Waals surface area (Å²) >= 11 is 6.04. The number of rotatable bonds is 7. The van der Waals surface area contributed by atoms with E-state index in [1.807, 2.05) is 30.3 Å². The summed E-state index contributed by atoms with van der Waals surface area (Å²) in [4.78, 5) is 38.5. The fourth-order valence-corrected chi connectivity index (χ4v) is 4.08. The van der Waals surface area contributed by atoms with Crippen LogP contribution in [0.2, 0.25) is 5.02 Å². The summed E-state index contributed by atoms with van der Waals surface area (Å²) in [5.41, 5.74) is -0.0167. The average Bonchev–Trinajstić information content (AvgIpc) is 2.91. The molecule has 1 atom stereocenters. The summed E-state index contributed by atoms with van der Waals surface area (Å²) in [5, 5.41) is 5.26. The number of nitrogens with one attached hydrogen (secondary N) is 2. The van der Waals surface area contributed by atoms with Crippen LogP contribution in [0.1, 0.15) is 18.9 Å². The molecule has 0 aromatic heterocycles. The van der Waals surface area contributed by atoms with E-state index in [-0.39, 0.29) is 15.6 Å². The number of imide groups is 1. The number of carbonyl (C=O) groups is 3. The second kappa shape index (κ2) is 8.68. The van der Waals surface area contributed by atoms with Gasteiger partial charge in [0, 0.05) is 6.26 Å². The normalized spacial score (nSPS) is 18.7. The molecule has 164 valence electrons. The zero-order chi connectivity index (χ0) is 22.8. The molecular formula is C21H22ClN3O5S. The molecule has 1 heterocycles. The van der Waals surface area contributed by atoms with Crippen molar-refractivity contribution in [3.8, 4) is 0 Å². The number of amides is 4. The second-order valence-electron chi connectivity index (χ2n) is 7.60. The van der Waals surface area contributed by atoms with Crippen molar-refractivity contribution in [1.29, 1.82) is 0 Å². The Bertz CT molecular complexity index is 1140. The van der Waals surface area contributed by atoms with Gasteiger partial charge in [0.2, 0.25) is 5.91 Å². The quantitative estimate of drug-likeness (QED) is 0.613. The molecule has 0 spiro atoms. The van der Waals surface area contributed by atoms with Gasteiger partial charge >= 0.3 is 6.03 Å². The molecule has 1 saturated heterocycles. The summed E-state index contributed by atoms with van der Waals surface area (Å²) in [6, 6.07) is 12.8. The van der Waals surface area contributed by atoms with E-state index in [4.69, 9.17) is 11.6 Å². The zero-order valence-corrected chi connectivity index (χ0v) is 18.6. The number of aryl methyl sites for hydroxylation is 1. The summed E-state index contributed by atoms with van der Waals surface area (Å²) < 4.78 is 23.4. The van der Waals surface area contributed by atoms with Gasteiger partial charge in [-0.15, -0.1) is 0 Å². The molecular weight excluding hydrogens is 442 g/mol. The van der Waals surface area contributed by atoms with Crippen LogP contribution in [0, 0.1) is 0 Å². The van der Waals surface area contributed by atoms with Crippen LogP contribution in [0.25, 0.3) is 0 Å². The van der Waals surface area contributed by atoms with Crippen LogP contribution in [-0.4, -0.2) is 49.5 Å². The van der Waals surface area contributed by atoms with Crippen LogP contribution >= 0.6 is 11.6 Å². The smallest absolute Gasteiger partial charge is 0.323 e. The minimum Gasteiger partial charge on any atom is -0.323 e. The minimum atomic E-state index is -3.50. The van der Waals surface area contributed by atoms with Gasteiger partial charge in [-0.05, 0) is 43.5 Å². The molecule has 31 heavy (non-hydrogen) atoms. The lowest BCUT2D eigenvalue weighted by atomic mass is 9.93. The highest BCUT2D eigenvalue weighted by molar-refractivity contribution is 7.90. The van der Waals surface area contributed by atoms with Gasteiger partial charge < -0.3 is 10.6 Å². The summed E-state index contributed by atoms with van der Waals surface area (Å²) in [6.45, 7) is 1.10. The molecule has 1 aliphatic heterocycles. The fraction of sp³-hybridized carbons (Fsp3) is 0.286. The largest absolute Gasteiger partial charge is 0.325 e. The standard InChI is InChI=1S/C21H22ClN3O5S/c1-21(11-10-14-6-4-3-5-7-14)19(27)25(20(28)24-21)13-18(26)23-17-12-15(31(2,29)30)8-9-16(17)22/h3-9,12H,10-11,13H2,1-2H3,(H,23,26)(H,24,28)/t21-/m0/s1. The van der Waals surface area contributed by atoms with Crippen LogP contribution in [0.4, 0.5) is 10.5 Å². The lowest BCUT2D eigenvalue weighted by Gasteiger charge is -2.21. The molecule has 0 radical (unpaired) electrons. The van der Waals surface area contributed by atoms with Gasteiger partial charge in [-0.1, -0.05) is 41.9 Å². The van der Waals surface area contributed by atoms with Gasteiger partial charge in [0.1, 0.15) is 12.1 Å². The third-order valence-corrected chi connectivity index (χ3v) is 6.48. The monoisotopic (exact) mass is 463 g/mol. The Balaban J connectivity index is 1.68. The van der Waals surface area contributed by atoms with Crippen LogP contribution < -0.4 is 10.6 Å². The maximum Gasteiger partial charge on any atom is 0.325 e. The topological polar surface area (TPSA) is 113 Å². The lowest BCUT2D eigenvalue weighted by Crippen LogP contribution is -2.45. The molecule has 0 unspecified atom stereocenters. The molecule has 10 heteroatoms. The van der Waals surface area contributed by atoms with E-state index in [0.717, 1.165) is 16.7 Å². The van der Waals surface area contributed by atoms with E-state index in [2.05, 4.69) is 10.6 Å². The highest BCUT2D eigenvalue weighted by atomic mass is 35.5. The van der Waals surface area contributed by atoms with Gasteiger partial charge in [0.25, 0.3) is 5.91 Å². The summed E-state index contributed by atoms with van der Waals surface area (Å²) in [5.74, 6) is -1.18. The molecule has 0 aliphatic carbocycles. The molecule has 2 aromatic carbocycles. The summed E-state index contributed by atoms with van der Waals surface area (Å²) in [7, 11) is -3.50. The molecule has 4 amide bonds. The molecule has 0 bridgehead atoms. The molecule has 8 nitrogen and oxygen atoms in total. The Morgan fingerprint density at radius 3 is 2.48 bits per heavy atom. The van der Waals surface area contributed by atoms with Crippen LogP contribution in [0.15, 0.2) is 53.4 Å². The molecule has 1 fully saturated rings. The molecule has 2 aromatic rings. The van der Waals surface area contributed by atoms with Gasteiger partial charge in [-0.2, -0.15) is 0 Å². The number of sulfone groups is 1. The highest BCUT2D eigenvalue weighted by Gasteiger charge is 2.47. The number of urea groups is 1. The maximum absolute atomic E-state index is 12.9. The van der Waals surface area contributed by atoms with Gasteiger partial charge in [-0.3, -0.25) is 14.5 Å². The number of nitrogens with zero attached hydrogens (tertiary/aromatic N) is 1. The van der Waals surface area contributed by atoms with E-state index >= 15 is 0 Å². The van der Waals surface area contributed by atoms with Crippen LogP contribution in [0.5, 0.6) is 0 Å². The zero-order valence-electron chi connectivity index (χ0n) is 17.0. The van der Waals surface area contributed by atoms with Gasteiger partial charge in [-0.25, -0.2) is 13.2 Å². The third kappa shape index (κ3) is 5.23. The van der Waals surface area contributed by atoms with Crippen molar-refractivity contribution in [3.05, 3.63) is 59.1 Å². The Kier molecular flexibility index (Phi) is 6.38. The molecule has 1 aliphatic rings. The Morgan fingerprint density at radius 2 is 1.84 bits per heavy atom. The van der Waals surface area contributed by atoms with Crippen molar-refractivity contribution in [2.24, 2.45) is 0 Å². The molecule has 0 saturated carbocycles. The SMILES string of the molecule is C[C@@]1(CCc2ccccc2)NC(=O)N(CC(=O)Nc2cc(S(C)(=O)=O)ccc2Cl)C1=O. The Hall–Kier alpha value is -2.91. The van der Waals surface area contributed by atoms with Gasteiger partial charge in [0.15, 0.2) is 9.84 Å². The number of hydrogen-bond acceptors (Lipinski definition) is 5. The maximum atomic E-state index is 12.9. The van der Waals surface area contributed by atoms with Crippen LogP contribution in [0.3, 0.4) is 0 Å².